The number of fused-ring (bicyclic) bond motifs is 1. The Bertz CT molecular complexity index is 850. The second-order valence-electron chi connectivity index (χ2n) is 6.46. The van der Waals surface area contributed by atoms with Crippen molar-refractivity contribution in [2.75, 3.05) is 26.4 Å². The van der Waals surface area contributed by atoms with E-state index in [9.17, 15) is 9.59 Å². The average molecular weight is 372 g/mol. The monoisotopic (exact) mass is 372 g/mol. The van der Waals surface area contributed by atoms with Crippen LogP contribution in [0.5, 0.6) is 11.5 Å². The molecule has 9 heteroatoms. The van der Waals surface area contributed by atoms with Crippen molar-refractivity contribution >= 4 is 11.8 Å². The standard InChI is InChI=1S/C18H20N4O5/c23-16-3-1-7-22(16)8-2-6-19-17(24)18-21-20-15(27-18)10-12-4-5-13-14(9-12)26-11-25-13/h4-5,9H,1-3,6-8,10-11H2,(H,19,24). The third kappa shape index (κ3) is 4.02. The molecule has 4 rings (SSSR count). The molecule has 2 aliphatic rings. The number of hydrogen-bond donors (Lipinski definition) is 1. The molecule has 0 atom stereocenters. The first-order valence-corrected chi connectivity index (χ1v) is 8.96. The first kappa shape index (κ1) is 17.3. The fraction of sp³-hybridized carbons (Fsp3) is 0.444. The first-order chi connectivity index (χ1) is 13.2. The maximum absolute atomic E-state index is 12.1. The summed E-state index contributed by atoms with van der Waals surface area (Å²) in [5.74, 6) is 1.45. The number of rotatable bonds is 7. The molecule has 1 aromatic carbocycles. The van der Waals surface area contributed by atoms with Gasteiger partial charge in [0.05, 0.1) is 6.42 Å². The molecular formula is C18H20N4O5. The fourth-order valence-corrected chi connectivity index (χ4v) is 3.13. The lowest BCUT2D eigenvalue weighted by molar-refractivity contribution is -0.127. The summed E-state index contributed by atoms with van der Waals surface area (Å²) < 4.78 is 16.1. The van der Waals surface area contributed by atoms with Crippen LogP contribution in [-0.4, -0.2) is 53.3 Å². The van der Waals surface area contributed by atoms with E-state index < -0.39 is 5.91 Å². The molecule has 0 spiro atoms. The molecule has 0 unspecified atom stereocenters. The molecule has 0 radical (unpaired) electrons. The maximum atomic E-state index is 12.1. The quantitative estimate of drug-likeness (QED) is 0.726. The minimum atomic E-state index is -0.410. The van der Waals surface area contributed by atoms with E-state index in [1.54, 1.807) is 0 Å². The summed E-state index contributed by atoms with van der Waals surface area (Å²) in [6.07, 6.45) is 2.63. The third-order valence-electron chi connectivity index (χ3n) is 4.52. The van der Waals surface area contributed by atoms with E-state index in [4.69, 9.17) is 13.9 Å². The van der Waals surface area contributed by atoms with Crippen molar-refractivity contribution in [3.8, 4) is 11.5 Å². The van der Waals surface area contributed by atoms with E-state index >= 15 is 0 Å². The molecule has 1 saturated heterocycles. The maximum Gasteiger partial charge on any atom is 0.308 e. The summed E-state index contributed by atoms with van der Waals surface area (Å²) >= 11 is 0. The lowest BCUT2D eigenvalue weighted by atomic mass is 10.1. The van der Waals surface area contributed by atoms with E-state index in [0.29, 0.717) is 49.7 Å². The van der Waals surface area contributed by atoms with Gasteiger partial charge in [-0.2, -0.15) is 0 Å². The van der Waals surface area contributed by atoms with Crippen LogP contribution in [0.25, 0.3) is 0 Å². The van der Waals surface area contributed by atoms with Gasteiger partial charge in [0.25, 0.3) is 0 Å². The van der Waals surface area contributed by atoms with E-state index in [-0.39, 0.29) is 18.6 Å². The second kappa shape index (κ2) is 7.65. The summed E-state index contributed by atoms with van der Waals surface area (Å²) in [4.78, 5) is 25.5. The predicted molar refractivity (Wildman–Crippen MR) is 92.4 cm³/mol. The van der Waals surface area contributed by atoms with Crippen LogP contribution in [0.15, 0.2) is 22.6 Å². The van der Waals surface area contributed by atoms with Crippen molar-refractivity contribution in [3.63, 3.8) is 0 Å². The zero-order chi connectivity index (χ0) is 18.6. The minimum Gasteiger partial charge on any atom is -0.454 e. The molecule has 1 fully saturated rings. The van der Waals surface area contributed by atoms with Crippen molar-refractivity contribution in [2.45, 2.75) is 25.7 Å². The topological polar surface area (TPSA) is 107 Å². The lowest BCUT2D eigenvalue weighted by Gasteiger charge is -2.14. The van der Waals surface area contributed by atoms with Gasteiger partial charge in [-0.15, -0.1) is 10.2 Å². The molecular weight excluding hydrogens is 352 g/mol. The molecule has 0 aliphatic carbocycles. The van der Waals surface area contributed by atoms with E-state index in [2.05, 4.69) is 15.5 Å². The van der Waals surface area contributed by atoms with Crippen molar-refractivity contribution < 1.29 is 23.5 Å². The lowest BCUT2D eigenvalue weighted by Crippen LogP contribution is -2.30. The molecule has 1 aromatic heterocycles. The van der Waals surface area contributed by atoms with E-state index in [0.717, 1.165) is 18.5 Å². The zero-order valence-electron chi connectivity index (χ0n) is 14.8. The van der Waals surface area contributed by atoms with Crippen LogP contribution in [0.1, 0.15) is 41.4 Å². The highest BCUT2D eigenvalue weighted by molar-refractivity contribution is 5.89. The molecule has 1 N–H and O–H groups in total. The van der Waals surface area contributed by atoms with Gasteiger partial charge in [-0.3, -0.25) is 9.59 Å². The van der Waals surface area contributed by atoms with Crippen molar-refractivity contribution in [1.29, 1.82) is 0 Å². The Morgan fingerprint density at radius 1 is 1.22 bits per heavy atom. The molecule has 2 aromatic rings. The summed E-state index contributed by atoms with van der Waals surface area (Å²) in [6.45, 7) is 2.12. The van der Waals surface area contributed by atoms with Crippen LogP contribution in [0.2, 0.25) is 0 Å². The van der Waals surface area contributed by atoms with Gasteiger partial charge in [-0.05, 0) is 30.5 Å². The van der Waals surface area contributed by atoms with Crippen LogP contribution in [-0.2, 0) is 11.2 Å². The average Bonchev–Trinajstić information content (AvgIpc) is 3.40. The zero-order valence-corrected chi connectivity index (χ0v) is 14.8. The van der Waals surface area contributed by atoms with Crippen molar-refractivity contribution in [3.05, 3.63) is 35.5 Å². The van der Waals surface area contributed by atoms with Gasteiger partial charge in [-0.25, -0.2) is 0 Å². The van der Waals surface area contributed by atoms with Gasteiger partial charge < -0.3 is 24.1 Å². The number of hydrogen-bond acceptors (Lipinski definition) is 7. The van der Waals surface area contributed by atoms with Crippen molar-refractivity contribution in [2.24, 2.45) is 0 Å². The SMILES string of the molecule is O=C(NCCCN1CCCC1=O)c1nnc(Cc2ccc3c(c2)OCO3)o1. The normalized spacial score (nSPS) is 15.4. The number of nitrogens with zero attached hydrogens (tertiary/aromatic N) is 3. The number of amides is 2. The van der Waals surface area contributed by atoms with Gasteiger partial charge in [0.1, 0.15) is 0 Å². The first-order valence-electron chi connectivity index (χ1n) is 8.96. The van der Waals surface area contributed by atoms with Gasteiger partial charge in [-0.1, -0.05) is 6.07 Å². The summed E-state index contributed by atoms with van der Waals surface area (Å²) in [6, 6.07) is 5.57. The minimum absolute atomic E-state index is 0.0667. The largest absolute Gasteiger partial charge is 0.454 e. The van der Waals surface area contributed by atoms with Crippen LogP contribution < -0.4 is 14.8 Å². The molecule has 0 bridgehead atoms. The number of benzene rings is 1. The second-order valence-corrected chi connectivity index (χ2v) is 6.46. The number of ether oxygens (including phenoxy) is 2. The Kier molecular flexibility index (Phi) is 4.91. The summed E-state index contributed by atoms with van der Waals surface area (Å²) in [5, 5.41) is 10.5. The van der Waals surface area contributed by atoms with Gasteiger partial charge in [0.15, 0.2) is 11.5 Å². The highest BCUT2D eigenvalue weighted by Crippen LogP contribution is 2.32. The molecule has 142 valence electrons. The van der Waals surface area contributed by atoms with Crippen LogP contribution >= 0.6 is 0 Å². The summed E-state index contributed by atoms with van der Waals surface area (Å²) in [5.41, 5.74) is 0.921. The molecule has 2 aliphatic heterocycles. The Balaban J connectivity index is 1.26. The number of carbonyl (C=O) groups excluding carboxylic acids is 2. The highest BCUT2D eigenvalue weighted by atomic mass is 16.7. The number of aromatic nitrogens is 2. The Labute approximate surface area is 155 Å². The molecule has 9 nitrogen and oxygen atoms in total. The number of nitrogens with one attached hydrogen (secondary N) is 1. The third-order valence-corrected chi connectivity index (χ3v) is 4.52. The molecule has 3 heterocycles. The predicted octanol–water partition coefficient (Wildman–Crippen LogP) is 1.13. The van der Waals surface area contributed by atoms with Crippen LogP contribution in [0.4, 0.5) is 0 Å². The number of carbonyl (C=O) groups is 2. The fourth-order valence-electron chi connectivity index (χ4n) is 3.13. The Morgan fingerprint density at radius 3 is 2.96 bits per heavy atom. The molecule has 0 saturated carbocycles. The van der Waals surface area contributed by atoms with Crippen molar-refractivity contribution in [1.82, 2.24) is 20.4 Å². The van der Waals surface area contributed by atoms with E-state index in [1.165, 1.54) is 0 Å². The Hall–Kier alpha value is -3.10. The highest BCUT2D eigenvalue weighted by Gasteiger charge is 2.20. The Morgan fingerprint density at radius 2 is 2.11 bits per heavy atom. The number of likely N-dealkylation sites (tertiary alicyclic amines) is 1. The van der Waals surface area contributed by atoms with Crippen LogP contribution in [0, 0.1) is 0 Å². The van der Waals surface area contributed by atoms with Gasteiger partial charge >= 0.3 is 11.8 Å². The summed E-state index contributed by atoms with van der Waals surface area (Å²) in [7, 11) is 0. The molecule has 2 amide bonds. The van der Waals surface area contributed by atoms with Gasteiger partial charge in [0.2, 0.25) is 18.6 Å². The molecule has 27 heavy (non-hydrogen) atoms. The van der Waals surface area contributed by atoms with Crippen LogP contribution in [0.3, 0.4) is 0 Å². The van der Waals surface area contributed by atoms with E-state index in [1.807, 2.05) is 23.1 Å². The smallest absolute Gasteiger partial charge is 0.308 e. The van der Waals surface area contributed by atoms with Gasteiger partial charge in [0, 0.05) is 26.1 Å².